The molecule has 1 atom stereocenters. The Hall–Kier alpha value is -7.76. The maximum Gasteiger partial charge on any atom is 0.179 e. The third kappa shape index (κ3) is 5.56. The van der Waals surface area contributed by atoms with E-state index >= 15 is 0 Å². The fraction of sp³-hybridized carbons (Fsp3) is 0. The molecule has 2 nitrogen and oxygen atoms in total. The largest absolute Gasteiger partial charge is 0.309 e. The summed E-state index contributed by atoms with van der Waals surface area (Å²) in [7, 11) is -3.02. The van der Waals surface area contributed by atoms with Crippen LogP contribution < -0.4 is 20.7 Å². The minimum atomic E-state index is -3.02. The Kier molecular flexibility index (Phi) is 8.45. The maximum absolute atomic E-state index is 3.02. The molecular weight excluding hydrogens is 809 g/mol. The van der Waals surface area contributed by atoms with Crippen molar-refractivity contribution in [3.05, 3.63) is 243 Å². The lowest BCUT2D eigenvalue weighted by Gasteiger charge is -2.35. The molecule has 13 rings (SSSR count). The highest BCUT2D eigenvalue weighted by Crippen LogP contribution is 2.38. The van der Waals surface area contributed by atoms with Crippen molar-refractivity contribution in [3.63, 3.8) is 0 Å². The zero-order valence-electron chi connectivity index (χ0n) is 34.9. The van der Waals surface area contributed by atoms with Gasteiger partial charge in [-0.05, 0) is 92.5 Å². The van der Waals surface area contributed by atoms with E-state index in [0.29, 0.717) is 0 Å². The SMILES string of the molecule is c1ccc(-c2cccc([Si](c3ccccc3)(c3cccc(-n4c5ccccc5c5cc(-n6c7ccccc7c7ccccc76)ccc54)c3)c3ccc4c(c3)sc3ccccc34)c2)cc1. The molecule has 0 bridgehead atoms. The summed E-state index contributed by atoms with van der Waals surface area (Å²) in [5.74, 6) is 0. The molecule has 0 N–H and O–H groups in total. The standard InChI is InChI=1S/C60H40N2SSi/c1-3-17-41(18-4-1)42-19-15-23-46(37-42)64(45-21-5-2-6-22-45,48-34-35-53-52-28-10-14-32-59(52)63-60(53)40-48)47-24-16-20-43(38-47)61-57-31-13-9-27-51(57)54-39-44(33-36-58(54)61)62-55-29-11-7-25-49(55)50-26-8-12-30-56(50)62/h1-40H. The normalized spacial score (nSPS) is 12.8. The minimum absolute atomic E-state index is 1.16. The van der Waals surface area contributed by atoms with Gasteiger partial charge in [0.25, 0.3) is 0 Å². The molecule has 13 aromatic rings. The molecule has 0 spiro atoms. The van der Waals surface area contributed by atoms with Crippen molar-refractivity contribution in [3.8, 4) is 22.5 Å². The van der Waals surface area contributed by atoms with Gasteiger partial charge in [-0.2, -0.15) is 0 Å². The highest BCUT2D eigenvalue weighted by atomic mass is 32.1. The van der Waals surface area contributed by atoms with Crippen molar-refractivity contribution in [2.45, 2.75) is 0 Å². The van der Waals surface area contributed by atoms with E-state index in [-0.39, 0.29) is 0 Å². The first-order chi connectivity index (χ1) is 31.7. The number of hydrogen-bond donors (Lipinski definition) is 0. The van der Waals surface area contributed by atoms with E-state index in [2.05, 4.69) is 252 Å². The molecule has 0 amide bonds. The molecule has 4 heteroatoms. The summed E-state index contributed by atoms with van der Waals surface area (Å²) in [6.45, 7) is 0. The molecule has 0 radical (unpaired) electrons. The molecule has 0 saturated carbocycles. The number of rotatable bonds is 7. The average molecular weight is 849 g/mol. The van der Waals surface area contributed by atoms with Gasteiger partial charge in [0.2, 0.25) is 0 Å². The Morgan fingerprint density at radius 1 is 0.266 bits per heavy atom. The number of thiophene rings is 1. The molecule has 3 heterocycles. The van der Waals surface area contributed by atoms with Crippen LogP contribution in [-0.2, 0) is 0 Å². The number of fused-ring (bicyclic) bond motifs is 9. The van der Waals surface area contributed by atoms with Crippen LogP contribution in [0.5, 0.6) is 0 Å². The van der Waals surface area contributed by atoms with Crippen LogP contribution in [0.2, 0.25) is 0 Å². The van der Waals surface area contributed by atoms with Gasteiger partial charge in [-0.25, -0.2) is 0 Å². The first kappa shape index (κ1) is 36.9. The predicted octanol–water partition coefficient (Wildman–Crippen LogP) is 13.3. The van der Waals surface area contributed by atoms with Crippen molar-refractivity contribution in [1.29, 1.82) is 0 Å². The van der Waals surface area contributed by atoms with Crippen molar-refractivity contribution < 1.29 is 0 Å². The van der Waals surface area contributed by atoms with Crippen molar-refractivity contribution >= 4 is 104 Å². The van der Waals surface area contributed by atoms with E-state index < -0.39 is 8.07 Å². The van der Waals surface area contributed by atoms with Gasteiger partial charge in [-0.1, -0.05) is 182 Å². The van der Waals surface area contributed by atoms with Crippen LogP contribution in [0, 0.1) is 0 Å². The first-order valence-corrected chi connectivity index (χ1v) is 24.8. The van der Waals surface area contributed by atoms with E-state index in [0.717, 1.165) is 11.4 Å². The smallest absolute Gasteiger partial charge is 0.179 e. The van der Waals surface area contributed by atoms with E-state index in [1.807, 2.05) is 11.3 Å². The molecule has 10 aromatic carbocycles. The zero-order valence-corrected chi connectivity index (χ0v) is 36.7. The van der Waals surface area contributed by atoms with Crippen LogP contribution in [0.25, 0.3) is 86.3 Å². The monoisotopic (exact) mass is 848 g/mol. The Labute approximate surface area is 376 Å². The van der Waals surface area contributed by atoms with Crippen LogP contribution in [0.1, 0.15) is 0 Å². The molecule has 0 aliphatic rings. The summed E-state index contributed by atoms with van der Waals surface area (Å²) < 4.78 is 7.56. The summed E-state index contributed by atoms with van der Waals surface area (Å²) in [4.78, 5) is 0. The van der Waals surface area contributed by atoms with Crippen molar-refractivity contribution in [2.24, 2.45) is 0 Å². The Morgan fingerprint density at radius 2 is 0.750 bits per heavy atom. The highest BCUT2D eigenvalue weighted by molar-refractivity contribution is 7.26. The van der Waals surface area contributed by atoms with Gasteiger partial charge in [0.1, 0.15) is 0 Å². The number of aromatic nitrogens is 2. The third-order valence-corrected chi connectivity index (χ3v) is 19.3. The maximum atomic E-state index is 2.53. The summed E-state index contributed by atoms with van der Waals surface area (Å²) >= 11 is 1.90. The van der Waals surface area contributed by atoms with Crippen molar-refractivity contribution in [1.82, 2.24) is 9.13 Å². The molecule has 64 heavy (non-hydrogen) atoms. The van der Waals surface area contributed by atoms with Crippen LogP contribution >= 0.6 is 11.3 Å². The third-order valence-electron chi connectivity index (χ3n) is 13.5. The van der Waals surface area contributed by atoms with Gasteiger partial charge < -0.3 is 9.13 Å². The molecular formula is C60H40N2SSi. The van der Waals surface area contributed by atoms with Gasteiger partial charge in [0.15, 0.2) is 8.07 Å². The van der Waals surface area contributed by atoms with E-state index in [9.17, 15) is 0 Å². The highest BCUT2D eigenvalue weighted by Gasteiger charge is 2.42. The molecule has 3 aromatic heterocycles. The number of hydrogen-bond acceptors (Lipinski definition) is 1. The fourth-order valence-corrected chi connectivity index (χ4v) is 16.7. The second-order valence-corrected chi connectivity index (χ2v) is 21.7. The molecule has 0 aliphatic heterocycles. The predicted molar refractivity (Wildman–Crippen MR) is 277 cm³/mol. The molecule has 0 aliphatic carbocycles. The van der Waals surface area contributed by atoms with E-state index in [1.165, 1.54) is 95.7 Å². The number of benzene rings is 10. The van der Waals surface area contributed by atoms with Gasteiger partial charge in [0.05, 0.1) is 22.1 Å². The van der Waals surface area contributed by atoms with Gasteiger partial charge >= 0.3 is 0 Å². The van der Waals surface area contributed by atoms with Crippen molar-refractivity contribution in [2.75, 3.05) is 0 Å². The first-order valence-electron chi connectivity index (χ1n) is 22.0. The van der Waals surface area contributed by atoms with Crippen LogP contribution in [-0.4, -0.2) is 17.2 Å². The van der Waals surface area contributed by atoms with Crippen LogP contribution in [0.15, 0.2) is 243 Å². The summed E-state index contributed by atoms with van der Waals surface area (Å²) in [6.07, 6.45) is 0. The lowest BCUT2D eigenvalue weighted by atomic mass is 10.1. The summed E-state index contributed by atoms with van der Waals surface area (Å²) in [5.41, 5.74) is 9.58. The van der Waals surface area contributed by atoms with Gasteiger partial charge in [0, 0.05) is 53.1 Å². The summed E-state index contributed by atoms with van der Waals surface area (Å²) in [6, 6.07) is 90.8. The molecule has 0 fully saturated rings. The quantitative estimate of drug-likeness (QED) is 0.112. The van der Waals surface area contributed by atoms with Gasteiger partial charge in [-0.3, -0.25) is 0 Å². The number of para-hydroxylation sites is 3. The molecule has 1 unspecified atom stereocenters. The van der Waals surface area contributed by atoms with Crippen LogP contribution in [0.3, 0.4) is 0 Å². The lowest BCUT2D eigenvalue weighted by Crippen LogP contribution is -2.74. The summed E-state index contributed by atoms with van der Waals surface area (Å²) in [5, 5.41) is 13.1. The molecule has 0 saturated heterocycles. The topological polar surface area (TPSA) is 9.86 Å². The van der Waals surface area contributed by atoms with E-state index in [4.69, 9.17) is 0 Å². The Morgan fingerprint density at radius 3 is 1.45 bits per heavy atom. The van der Waals surface area contributed by atoms with Crippen LogP contribution in [0.4, 0.5) is 0 Å². The van der Waals surface area contributed by atoms with E-state index in [1.54, 1.807) is 0 Å². The minimum Gasteiger partial charge on any atom is -0.309 e. The second-order valence-electron chi connectivity index (χ2n) is 16.8. The Balaban J connectivity index is 1.07. The van der Waals surface area contributed by atoms with Gasteiger partial charge in [-0.15, -0.1) is 11.3 Å². The molecule has 300 valence electrons. The second kappa shape index (κ2) is 14.7. The average Bonchev–Trinajstić information content (AvgIpc) is 4.02. The Bertz CT molecular complexity index is 3860. The zero-order chi connectivity index (χ0) is 42.2. The lowest BCUT2D eigenvalue weighted by molar-refractivity contribution is 1.17. The number of nitrogens with zero attached hydrogens (tertiary/aromatic N) is 2. The fourth-order valence-electron chi connectivity index (χ4n) is 10.7.